The monoisotopic (exact) mass is 1040 g/mol. The van der Waals surface area contributed by atoms with Gasteiger partial charge in [0.05, 0.1) is 40.3 Å². The van der Waals surface area contributed by atoms with Crippen molar-refractivity contribution in [3.8, 4) is 0 Å². The highest BCUT2D eigenvalue weighted by Crippen LogP contribution is 2.16. The molecule has 0 saturated carbocycles. The number of rotatable bonds is 53. The van der Waals surface area contributed by atoms with Crippen LogP contribution in [0.1, 0.15) is 219 Å². The molecule has 2 atom stereocenters. The molecule has 0 fully saturated rings. The van der Waals surface area contributed by atoms with Crippen LogP contribution in [-0.4, -0.2) is 82.3 Å². The van der Waals surface area contributed by atoms with E-state index in [1.807, 2.05) is 21.1 Å². The first-order chi connectivity index (χ1) is 36.6. The van der Waals surface area contributed by atoms with Gasteiger partial charge < -0.3 is 33.3 Å². The minimum absolute atomic E-state index is 0.136. The predicted molar refractivity (Wildman–Crippen MR) is 315 cm³/mol. The minimum Gasteiger partial charge on any atom is -0.545 e. The Bertz CT molecular complexity index is 1640. The molecule has 0 heterocycles. The maximum absolute atomic E-state index is 12.9. The molecule has 426 valence electrons. The van der Waals surface area contributed by atoms with Crippen LogP contribution in [0.4, 0.5) is 0 Å². The number of likely N-dealkylation sites (N-methyl/N-ethyl adjacent to an activating group) is 1. The Balaban J connectivity index is 4.15. The van der Waals surface area contributed by atoms with Gasteiger partial charge in [0, 0.05) is 12.8 Å². The third kappa shape index (κ3) is 57.2. The SMILES string of the molecule is CC/C=C\C/C=C\C/C=C\C/C=C\C/C=C\C/C=C\CCCCCCCCCCCCCCCCCCC(=O)OC(COC(=O)CCCC/C=C\C/C=C\C/C=C\C/C=C\CC)COC(OCC[N+](C)(C)C)C(=O)[O-]. The van der Waals surface area contributed by atoms with Crippen LogP contribution in [0.2, 0.25) is 0 Å². The van der Waals surface area contributed by atoms with Crippen molar-refractivity contribution < 1.29 is 42.9 Å². The molecule has 9 nitrogen and oxygen atoms in total. The van der Waals surface area contributed by atoms with Gasteiger partial charge in [-0.25, -0.2) is 0 Å². The Kier molecular flexibility index (Phi) is 52.7. The number of carboxylic acids is 1. The van der Waals surface area contributed by atoms with E-state index in [-0.39, 0.29) is 32.7 Å². The normalized spacial score (nSPS) is 13.7. The molecule has 0 bridgehead atoms. The lowest BCUT2D eigenvalue weighted by molar-refractivity contribution is -0.870. The Morgan fingerprint density at radius 3 is 1.09 bits per heavy atom. The lowest BCUT2D eigenvalue weighted by Crippen LogP contribution is -2.44. The number of unbranched alkanes of at least 4 members (excludes halogenated alkanes) is 18. The molecule has 0 aliphatic carbocycles. The van der Waals surface area contributed by atoms with Gasteiger partial charge in [-0.05, 0) is 103 Å². The van der Waals surface area contributed by atoms with E-state index in [2.05, 4.69) is 135 Å². The zero-order chi connectivity index (χ0) is 54.8. The van der Waals surface area contributed by atoms with E-state index in [0.29, 0.717) is 23.9 Å². The van der Waals surface area contributed by atoms with Crippen molar-refractivity contribution in [2.75, 3.05) is 47.5 Å². The smallest absolute Gasteiger partial charge is 0.306 e. The molecule has 0 aliphatic rings. The number of carbonyl (C=O) groups is 3. The zero-order valence-electron chi connectivity index (χ0n) is 48.4. The summed E-state index contributed by atoms with van der Waals surface area (Å²) >= 11 is 0. The van der Waals surface area contributed by atoms with Gasteiger partial charge in [0.1, 0.15) is 13.2 Å². The van der Waals surface area contributed by atoms with Crippen molar-refractivity contribution in [2.45, 2.75) is 232 Å². The molecule has 0 amide bonds. The number of nitrogens with zero attached hydrogens (tertiary/aromatic N) is 1. The molecular formula is C66H109NO8. The van der Waals surface area contributed by atoms with Crippen LogP contribution in [0.25, 0.3) is 0 Å². The van der Waals surface area contributed by atoms with E-state index in [0.717, 1.165) is 96.3 Å². The van der Waals surface area contributed by atoms with Gasteiger partial charge in [0.15, 0.2) is 12.4 Å². The van der Waals surface area contributed by atoms with Crippen LogP contribution in [0, 0.1) is 0 Å². The summed E-state index contributed by atoms with van der Waals surface area (Å²) in [5, 5.41) is 11.8. The van der Waals surface area contributed by atoms with Gasteiger partial charge in [0.2, 0.25) is 0 Å². The first-order valence-electron chi connectivity index (χ1n) is 29.7. The van der Waals surface area contributed by atoms with Gasteiger partial charge in [-0.2, -0.15) is 0 Å². The first kappa shape index (κ1) is 70.7. The summed E-state index contributed by atoms with van der Waals surface area (Å²) in [6.07, 6.45) is 75.5. The molecule has 0 spiro atoms. The van der Waals surface area contributed by atoms with Crippen molar-refractivity contribution in [1.82, 2.24) is 0 Å². The van der Waals surface area contributed by atoms with Gasteiger partial charge in [-0.3, -0.25) is 9.59 Å². The van der Waals surface area contributed by atoms with Crippen LogP contribution in [-0.2, 0) is 33.3 Å². The van der Waals surface area contributed by atoms with Crippen molar-refractivity contribution in [3.05, 3.63) is 122 Å². The average molecular weight is 1040 g/mol. The van der Waals surface area contributed by atoms with Crippen molar-refractivity contribution in [2.24, 2.45) is 0 Å². The van der Waals surface area contributed by atoms with Gasteiger partial charge >= 0.3 is 11.9 Å². The van der Waals surface area contributed by atoms with Crippen LogP contribution in [0.15, 0.2) is 122 Å². The highest BCUT2D eigenvalue weighted by molar-refractivity contribution is 5.70. The van der Waals surface area contributed by atoms with Crippen molar-refractivity contribution >= 4 is 17.9 Å². The van der Waals surface area contributed by atoms with Crippen LogP contribution in [0.3, 0.4) is 0 Å². The second-order valence-corrected chi connectivity index (χ2v) is 20.5. The lowest BCUT2D eigenvalue weighted by atomic mass is 10.0. The predicted octanol–water partition coefficient (Wildman–Crippen LogP) is 16.3. The molecule has 0 aliphatic heterocycles. The number of hydrogen-bond acceptors (Lipinski definition) is 8. The lowest BCUT2D eigenvalue weighted by Gasteiger charge is -2.26. The second kappa shape index (κ2) is 55.9. The van der Waals surface area contributed by atoms with E-state index < -0.39 is 30.3 Å². The third-order valence-corrected chi connectivity index (χ3v) is 12.2. The van der Waals surface area contributed by atoms with E-state index >= 15 is 0 Å². The maximum Gasteiger partial charge on any atom is 0.306 e. The summed E-state index contributed by atoms with van der Waals surface area (Å²) in [5.41, 5.74) is 0. The minimum atomic E-state index is -1.64. The zero-order valence-corrected chi connectivity index (χ0v) is 48.4. The van der Waals surface area contributed by atoms with Crippen molar-refractivity contribution in [1.29, 1.82) is 0 Å². The maximum atomic E-state index is 12.9. The number of esters is 2. The van der Waals surface area contributed by atoms with Crippen LogP contribution < -0.4 is 5.11 Å². The highest BCUT2D eigenvalue weighted by atomic mass is 16.7. The number of ether oxygens (including phenoxy) is 4. The molecule has 2 unspecified atom stereocenters. The number of aliphatic carboxylic acids is 1. The molecule has 0 aromatic heterocycles. The standard InChI is InChI=1S/C66H109NO8/c1-6-8-10-12-14-16-18-20-22-23-24-25-26-27-28-29-30-31-32-33-34-35-36-37-38-39-40-41-43-45-47-49-51-53-55-57-64(69)75-62(61-74-66(65(70)71)72-59-58-67(3,4)5)60-73-63(68)56-54-52-50-48-46-44-42-21-19-17-15-13-11-9-7-2/h8-11,14-17,20-22,24-25,27-28,30-31,42,46,48,62,66H,6-7,12-13,18-19,23,26,29,32-41,43-45,47,49-61H2,1-5H3/b10-8-,11-9-,16-14-,17-15-,22-20-,25-24-,28-27-,31-30-,42-21-,48-46-. The summed E-state index contributed by atoms with van der Waals surface area (Å²) in [5.74, 6) is -2.35. The third-order valence-electron chi connectivity index (χ3n) is 12.2. The number of carbonyl (C=O) groups excluding carboxylic acids is 3. The Hall–Kier alpha value is -4.31. The van der Waals surface area contributed by atoms with Gasteiger partial charge in [-0.15, -0.1) is 0 Å². The molecule has 0 radical (unpaired) electrons. The molecule has 0 N–H and O–H groups in total. The van der Waals surface area contributed by atoms with Gasteiger partial charge in [0.25, 0.3) is 0 Å². The second-order valence-electron chi connectivity index (χ2n) is 20.5. The van der Waals surface area contributed by atoms with Gasteiger partial charge in [-0.1, -0.05) is 225 Å². The summed E-state index contributed by atoms with van der Waals surface area (Å²) < 4.78 is 22.6. The first-order valence-corrected chi connectivity index (χ1v) is 29.7. The molecular weight excluding hydrogens is 935 g/mol. The quantitative estimate of drug-likeness (QED) is 0.0195. The van der Waals surface area contributed by atoms with Crippen LogP contribution in [0.5, 0.6) is 0 Å². The fourth-order valence-corrected chi connectivity index (χ4v) is 7.71. The Morgan fingerprint density at radius 1 is 0.400 bits per heavy atom. The van der Waals surface area contributed by atoms with E-state index in [1.54, 1.807) is 0 Å². The summed E-state index contributed by atoms with van der Waals surface area (Å²) in [6.45, 7) is 4.46. The molecule has 0 saturated heterocycles. The average Bonchev–Trinajstić information content (AvgIpc) is 3.38. The number of quaternary nitrogens is 1. The van der Waals surface area contributed by atoms with Crippen molar-refractivity contribution in [3.63, 3.8) is 0 Å². The summed E-state index contributed by atoms with van der Waals surface area (Å²) in [6, 6.07) is 0. The molecule has 0 rings (SSSR count). The summed E-state index contributed by atoms with van der Waals surface area (Å²) in [7, 11) is 5.90. The number of hydrogen-bond donors (Lipinski definition) is 0. The number of allylic oxidation sites excluding steroid dienone is 20. The highest BCUT2D eigenvalue weighted by Gasteiger charge is 2.22. The largest absolute Gasteiger partial charge is 0.545 e. The fraction of sp³-hybridized carbons (Fsp3) is 0.652. The van der Waals surface area contributed by atoms with E-state index in [1.165, 1.54) is 83.5 Å². The molecule has 0 aromatic carbocycles. The number of carboxylic acid groups (broad SMARTS) is 1. The molecule has 75 heavy (non-hydrogen) atoms. The van der Waals surface area contributed by atoms with E-state index in [9.17, 15) is 19.5 Å². The summed E-state index contributed by atoms with van der Waals surface area (Å²) in [4.78, 5) is 37.2. The molecule has 9 heteroatoms. The topological polar surface area (TPSA) is 111 Å². The Morgan fingerprint density at radius 2 is 0.720 bits per heavy atom. The van der Waals surface area contributed by atoms with E-state index in [4.69, 9.17) is 18.9 Å². The molecule has 0 aromatic rings. The fourth-order valence-electron chi connectivity index (χ4n) is 7.71. The van der Waals surface area contributed by atoms with Crippen LogP contribution >= 0.6 is 0 Å². The Labute approximate surface area is 459 Å².